The number of nitrogens with one attached hydrogen (secondary N) is 1. The van der Waals surface area contributed by atoms with Crippen LogP contribution in [-0.4, -0.2) is 31.9 Å². The van der Waals surface area contributed by atoms with E-state index in [1.54, 1.807) is 6.07 Å². The van der Waals surface area contributed by atoms with Gasteiger partial charge in [0.2, 0.25) is 0 Å². The highest BCUT2D eigenvalue weighted by atomic mass is 35.5. The summed E-state index contributed by atoms with van der Waals surface area (Å²) in [6.07, 6.45) is -4.16. The third-order valence-corrected chi connectivity index (χ3v) is 3.52. The Morgan fingerprint density at radius 3 is 2.23 bits per heavy atom. The minimum Gasteiger partial charge on any atom is -0.493 e. The number of hydrogen-bond donors (Lipinski definition) is 1. The van der Waals surface area contributed by atoms with Gasteiger partial charge in [0.05, 0.1) is 14.2 Å². The average Bonchev–Trinajstić information content (AvgIpc) is 2.62. The lowest BCUT2D eigenvalue weighted by molar-refractivity contribution is -0.199. The second-order valence-corrected chi connectivity index (χ2v) is 5.40. The van der Waals surface area contributed by atoms with Gasteiger partial charge in [-0.25, -0.2) is 4.39 Å². The Bertz CT molecular complexity index is 769. The number of amides is 1. The van der Waals surface area contributed by atoms with Crippen LogP contribution in [0.4, 0.5) is 18.9 Å². The van der Waals surface area contributed by atoms with Gasteiger partial charge in [0.15, 0.2) is 11.5 Å². The van der Waals surface area contributed by atoms with Crippen molar-refractivity contribution in [3.05, 3.63) is 48.0 Å². The molecule has 2 aromatic rings. The standard InChI is InChI=1S/C17H15ClF3NO4/c1-24-13-8-3-10(9-14(13)25-2)15(23)22-11-4-6-12(7-5-11)26-17(20,21)16(18)19/h3-9,16H,1-2H3,(H,22,23). The molecule has 2 aromatic carbocycles. The highest BCUT2D eigenvalue weighted by Crippen LogP contribution is 2.30. The van der Waals surface area contributed by atoms with Crippen LogP contribution in [0.2, 0.25) is 0 Å². The maximum atomic E-state index is 13.1. The van der Waals surface area contributed by atoms with Crippen LogP contribution in [0.15, 0.2) is 42.5 Å². The van der Waals surface area contributed by atoms with Crippen LogP contribution in [0.3, 0.4) is 0 Å². The third-order valence-electron chi connectivity index (χ3n) is 3.27. The van der Waals surface area contributed by atoms with Gasteiger partial charge < -0.3 is 19.5 Å². The number of hydrogen-bond acceptors (Lipinski definition) is 4. The zero-order valence-corrected chi connectivity index (χ0v) is 14.5. The molecular formula is C17H15ClF3NO4. The largest absolute Gasteiger partial charge is 0.493 e. The van der Waals surface area contributed by atoms with Gasteiger partial charge >= 0.3 is 6.11 Å². The number of anilines is 1. The van der Waals surface area contributed by atoms with E-state index >= 15 is 0 Å². The summed E-state index contributed by atoms with van der Waals surface area (Å²) in [5, 5.41) is 2.58. The molecule has 0 aromatic heterocycles. The van der Waals surface area contributed by atoms with Crippen LogP contribution in [0.5, 0.6) is 17.2 Å². The number of methoxy groups -OCH3 is 2. The zero-order chi connectivity index (χ0) is 19.3. The predicted octanol–water partition coefficient (Wildman–Crippen LogP) is 4.46. The van der Waals surface area contributed by atoms with Gasteiger partial charge in [-0.3, -0.25) is 4.79 Å². The van der Waals surface area contributed by atoms with E-state index in [-0.39, 0.29) is 5.75 Å². The van der Waals surface area contributed by atoms with Crippen molar-refractivity contribution < 1.29 is 32.2 Å². The van der Waals surface area contributed by atoms with Gasteiger partial charge in [0.25, 0.3) is 11.5 Å². The summed E-state index contributed by atoms with van der Waals surface area (Å²) < 4.78 is 53.1. The minimum atomic E-state index is -4.16. The molecule has 1 amide bonds. The maximum Gasteiger partial charge on any atom is 0.444 e. The van der Waals surface area contributed by atoms with E-state index in [9.17, 15) is 18.0 Å². The summed E-state index contributed by atoms with van der Waals surface area (Å²) in [5.74, 6) is 0.0990. The Hall–Kier alpha value is -2.61. The lowest BCUT2D eigenvalue weighted by atomic mass is 10.2. The number of carbonyl (C=O) groups excluding carboxylic acids is 1. The maximum absolute atomic E-state index is 13.1. The smallest absolute Gasteiger partial charge is 0.444 e. The first-order valence-electron chi connectivity index (χ1n) is 7.25. The van der Waals surface area contributed by atoms with Crippen molar-refractivity contribution in [1.29, 1.82) is 0 Å². The van der Waals surface area contributed by atoms with Crippen molar-refractivity contribution >= 4 is 23.2 Å². The molecule has 0 saturated heterocycles. The van der Waals surface area contributed by atoms with E-state index in [1.807, 2.05) is 0 Å². The normalized spacial score (nSPS) is 12.2. The Morgan fingerprint density at radius 1 is 1.08 bits per heavy atom. The van der Waals surface area contributed by atoms with E-state index in [2.05, 4.69) is 10.1 Å². The van der Waals surface area contributed by atoms with Crippen LogP contribution in [0.25, 0.3) is 0 Å². The molecule has 140 valence electrons. The van der Waals surface area contributed by atoms with Gasteiger partial charge in [-0.2, -0.15) is 8.78 Å². The predicted molar refractivity (Wildman–Crippen MR) is 90.3 cm³/mol. The lowest BCUT2D eigenvalue weighted by Gasteiger charge is -2.17. The molecular weight excluding hydrogens is 375 g/mol. The molecule has 0 bridgehead atoms. The quantitative estimate of drug-likeness (QED) is 0.710. The first kappa shape index (κ1) is 19.7. The molecule has 1 atom stereocenters. The van der Waals surface area contributed by atoms with E-state index in [4.69, 9.17) is 21.1 Å². The van der Waals surface area contributed by atoms with Gasteiger partial charge in [0.1, 0.15) is 5.75 Å². The number of alkyl halides is 4. The molecule has 0 radical (unpaired) electrons. The van der Waals surface area contributed by atoms with Crippen molar-refractivity contribution in [3.8, 4) is 17.2 Å². The highest BCUT2D eigenvalue weighted by molar-refractivity contribution is 6.20. The second kappa shape index (κ2) is 8.18. The Labute approximate surface area is 152 Å². The number of carbonyl (C=O) groups is 1. The van der Waals surface area contributed by atoms with Crippen molar-refractivity contribution in [2.24, 2.45) is 0 Å². The molecule has 26 heavy (non-hydrogen) atoms. The summed E-state index contributed by atoms with van der Waals surface area (Å²) in [5.41, 5.74) is -2.35. The summed E-state index contributed by atoms with van der Waals surface area (Å²) >= 11 is 4.72. The number of rotatable bonds is 7. The fourth-order valence-electron chi connectivity index (χ4n) is 1.99. The van der Waals surface area contributed by atoms with Crippen LogP contribution in [0, 0.1) is 0 Å². The second-order valence-electron chi connectivity index (χ2n) is 5.01. The van der Waals surface area contributed by atoms with Crippen LogP contribution in [-0.2, 0) is 0 Å². The Balaban J connectivity index is 2.08. The molecule has 1 N–H and O–H groups in total. The van der Waals surface area contributed by atoms with Crippen LogP contribution in [0.1, 0.15) is 10.4 Å². The van der Waals surface area contributed by atoms with Crippen molar-refractivity contribution in [2.75, 3.05) is 19.5 Å². The Kier molecular flexibility index (Phi) is 6.20. The molecule has 0 fully saturated rings. The summed E-state index contributed by atoms with van der Waals surface area (Å²) in [7, 11) is 2.91. The highest BCUT2D eigenvalue weighted by Gasteiger charge is 2.42. The first-order chi connectivity index (χ1) is 12.3. The molecule has 0 aliphatic carbocycles. The first-order valence-corrected chi connectivity index (χ1v) is 7.69. The van der Waals surface area contributed by atoms with Crippen molar-refractivity contribution in [2.45, 2.75) is 11.7 Å². The van der Waals surface area contributed by atoms with Gasteiger partial charge in [-0.15, -0.1) is 0 Å². The molecule has 2 rings (SSSR count). The van der Waals surface area contributed by atoms with E-state index < -0.39 is 17.6 Å². The minimum absolute atomic E-state index is 0.303. The fourth-order valence-corrected chi connectivity index (χ4v) is 2.03. The van der Waals surface area contributed by atoms with Crippen molar-refractivity contribution in [1.82, 2.24) is 0 Å². The summed E-state index contributed by atoms with van der Waals surface area (Å²) in [6.45, 7) is 0. The monoisotopic (exact) mass is 389 g/mol. The molecule has 0 heterocycles. The topological polar surface area (TPSA) is 56.8 Å². The summed E-state index contributed by atoms with van der Waals surface area (Å²) in [6, 6.07) is 9.56. The van der Waals surface area contributed by atoms with Crippen LogP contribution < -0.4 is 19.5 Å². The molecule has 0 aliphatic rings. The zero-order valence-electron chi connectivity index (χ0n) is 13.8. The van der Waals surface area contributed by atoms with Gasteiger partial charge in [-0.05, 0) is 42.5 Å². The number of halogens is 4. The van der Waals surface area contributed by atoms with Gasteiger partial charge in [-0.1, -0.05) is 11.6 Å². The summed E-state index contributed by atoms with van der Waals surface area (Å²) in [4.78, 5) is 12.3. The number of ether oxygens (including phenoxy) is 3. The molecule has 0 saturated carbocycles. The Morgan fingerprint density at radius 2 is 1.69 bits per heavy atom. The lowest BCUT2D eigenvalue weighted by Crippen LogP contribution is -2.32. The average molecular weight is 390 g/mol. The van der Waals surface area contributed by atoms with E-state index in [0.29, 0.717) is 22.7 Å². The van der Waals surface area contributed by atoms with Crippen molar-refractivity contribution in [3.63, 3.8) is 0 Å². The third kappa shape index (κ3) is 4.72. The number of benzene rings is 2. The van der Waals surface area contributed by atoms with Gasteiger partial charge in [0, 0.05) is 11.3 Å². The van der Waals surface area contributed by atoms with Crippen LogP contribution >= 0.6 is 11.6 Å². The van der Waals surface area contributed by atoms with E-state index in [1.165, 1.54) is 38.5 Å². The molecule has 5 nitrogen and oxygen atoms in total. The molecule has 1 unspecified atom stereocenters. The molecule has 9 heteroatoms. The van der Waals surface area contributed by atoms with E-state index in [0.717, 1.165) is 12.1 Å². The molecule has 0 spiro atoms. The fraction of sp³-hybridized carbons (Fsp3) is 0.235. The molecule has 0 aliphatic heterocycles. The SMILES string of the molecule is COc1ccc(C(=O)Nc2ccc(OC(F)(F)C(F)Cl)cc2)cc1OC.